The van der Waals surface area contributed by atoms with Crippen LogP contribution in [0.1, 0.15) is 0 Å². The number of rotatable bonds is 4. The van der Waals surface area contributed by atoms with Gasteiger partial charge in [-0.1, -0.05) is 97.1 Å². The Labute approximate surface area is 296 Å². The maximum Gasteiger partial charge on any atom is 0.0562 e. The Kier molecular flexibility index (Phi) is 6.03. The predicted octanol–water partition coefficient (Wildman–Crippen LogP) is 14.1. The van der Waals surface area contributed by atoms with Crippen LogP contribution in [0.4, 0.5) is 17.1 Å². The summed E-state index contributed by atoms with van der Waals surface area (Å²) in [5.41, 5.74) is 7.00. The lowest BCUT2D eigenvalue weighted by molar-refractivity contribution is 1.18. The third-order valence-electron chi connectivity index (χ3n) is 10.2. The summed E-state index contributed by atoms with van der Waals surface area (Å²) >= 11 is 3.74. The lowest BCUT2D eigenvalue weighted by atomic mass is 10.0. The molecule has 0 aliphatic rings. The highest BCUT2D eigenvalue weighted by Crippen LogP contribution is 2.47. The maximum atomic E-state index is 2.49. The first-order valence-corrected chi connectivity index (χ1v) is 18.6. The average Bonchev–Trinajstić information content (AvgIpc) is 3.85. The van der Waals surface area contributed by atoms with Crippen molar-refractivity contribution in [3.63, 3.8) is 0 Å². The molecule has 0 N–H and O–H groups in total. The zero-order chi connectivity index (χ0) is 32.8. The SMILES string of the molecule is c1ccc(-n2c3ccccc3c3c(N(c4ccc5c(c4)sc4ccccc45)c4ccc5ccc6sc7ccccc7c6c5c4)cccc32)cc1. The fourth-order valence-corrected chi connectivity index (χ4v) is 10.3. The first-order valence-electron chi connectivity index (χ1n) is 16.9. The predicted molar refractivity (Wildman–Crippen MR) is 219 cm³/mol. The second-order valence-electron chi connectivity index (χ2n) is 12.9. The van der Waals surface area contributed by atoms with Gasteiger partial charge in [0.25, 0.3) is 0 Å². The number of para-hydroxylation sites is 2. The van der Waals surface area contributed by atoms with Crippen LogP contribution >= 0.6 is 22.7 Å². The maximum absolute atomic E-state index is 2.49. The van der Waals surface area contributed by atoms with Gasteiger partial charge in [0.1, 0.15) is 0 Å². The fraction of sp³-hybridized carbons (Fsp3) is 0. The van der Waals surface area contributed by atoms with Crippen molar-refractivity contribution in [3.05, 3.63) is 170 Å². The summed E-state index contributed by atoms with van der Waals surface area (Å²) in [4.78, 5) is 2.49. The van der Waals surface area contributed by atoms with E-state index in [1.54, 1.807) is 0 Å². The van der Waals surface area contributed by atoms with E-state index in [9.17, 15) is 0 Å². The zero-order valence-electron chi connectivity index (χ0n) is 26.9. The van der Waals surface area contributed by atoms with E-state index in [1.807, 2.05) is 22.7 Å². The average molecular weight is 673 g/mol. The summed E-state index contributed by atoms with van der Waals surface area (Å²) in [6.07, 6.45) is 0. The summed E-state index contributed by atoms with van der Waals surface area (Å²) < 4.78 is 7.66. The third-order valence-corrected chi connectivity index (χ3v) is 12.4. The van der Waals surface area contributed by atoms with Gasteiger partial charge in [-0.3, -0.25) is 0 Å². The van der Waals surface area contributed by atoms with E-state index in [-0.39, 0.29) is 0 Å². The quantitative estimate of drug-likeness (QED) is 0.181. The third kappa shape index (κ3) is 4.07. The highest BCUT2D eigenvalue weighted by Gasteiger charge is 2.22. The van der Waals surface area contributed by atoms with Crippen LogP contribution in [0.3, 0.4) is 0 Å². The van der Waals surface area contributed by atoms with Gasteiger partial charge in [0.05, 0.1) is 16.7 Å². The van der Waals surface area contributed by atoms with Gasteiger partial charge in [0, 0.05) is 68.2 Å². The molecule has 234 valence electrons. The molecule has 0 bridgehead atoms. The first kappa shape index (κ1) is 28.0. The standard InChI is InChI=1S/C46H28N2S2/c1-2-11-30(12-3-1)48-38-16-7-4-14-35(38)46-39(17-10-18-40(46)48)47(32-24-25-34-33-13-5-8-19-41(33)50-44(34)28-32)31-23-21-29-22-26-43-45(37(29)27-31)36-15-6-9-20-42(36)49-43/h1-28H. The molecule has 0 radical (unpaired) electrons. The van der Waals surface area contributed by atoms with Gasteiger partial charge in [0.2, 0.25) is 0 Å². The van der Waals surface area contributed by atoms with E-state index in [4.69, 9.17) is 0 Å². The fourth-order valence-electron chi connectivity index (χ4n) is 7.99. The molecule has 11 rings (SSSR count). The van der Waals surface area contributed by atoms with Crippen molar-refractivity contribution in [2.75, 3.05) is 4.90 Å². The van der Waals surface area contributed by atoms with Crippen LogP contribution in [0.25, 0.3) is 78.6 Å². The van der Waals surface area contributed by atoms with E-state index in [1.165, 1.54) is 72.9 Å². The van der Waals surface area contributed by atoms with Gasteiger partial charge in [-0.2, -0.15) is 0 Å². The van der Waals surface area contributed by atoms with Crippen molar-refractivity contribution in [1.29, 1.82) is 0 Å². The largest absolute Gasteiger partial charge is 0.310 e. The smallest absolute Gasteiger partial charge is 0.0562 e. The molecule has 0 amide bonds. The van der Waals surface area contributed by atoms with E-state index in [0.29, 0.717) is 0 Å². The van der Waals surface area contributed by atoms with Gasteiger partial charge < -0.3 is 9.47 Å². The Morgan fingerprint density at radius 3 is 1.90 bits per heavy atom. The molecular formula is C46H28N2S2. The lowest BCUT2D eigenvalue weighted by Crippen LogP contribution is -2.10. The van der Waals surface area contributed by atoms with Crippen LogP contribution in [-0.2, 0) is 0 Å². The first-order chi connectivity index (χ1) is 24.8. The van der Waals surface area contributed by atoms with Crippen LogP contribution in [0.2, 0.25) is 0 Å². The molecule has 0 spiro atoms. The van der Waals surface area contributed by atoms with Gasteiger partial charge in [-0.05, 0) is 83.6 Å². The molecule has 0 atom stereocenters. The number of nitrogens with zero attached hydrogens (tertiary/aromatic N) is 2. The molecule has 0 fully saturated rings. The number of anilines is 3. The van der Waals surface area contributed by atoms with Crippen molar-refractivity contribution >= 4 is 113 Å². The molecule has 8 aromatic carbocycles. The van der Waals surface area contributed by atoms with Crippen LogP contribution in [0.5, 0.6) is 0 Å². The lowest BCUT2D eigenvalue weighted by Gasteiger charge is -2.27. The Morgan fingerprint density at radius 1 is 0.380 bits per heavy atom. The van der Waals surface area contributed by atoms with Crippen molar-refractivity contribution < 1.29 is 0 Å². The molecule has 0 saturated heterocycles. The molecule has 0 unspecified atom stereocenters. The van der Waals surface area contributed by atoms with E-state index in [0.717, 1.165) is 22.7 Å². The summed E-state index contributed by atoms with van der Waals surface area (Å²) in [5.74, 6) is 0. The molecule has 2 nitrogen and oxygen atoms in total. The molecule has 4 heteroatoms. The molecule has 3 heterocycles. The van der Waals surface area contributed by atoms with Crippen LogP contribution in [0.15, 0.2) is 170 Å². The molecule has 0 aliphatic carbocycles. The van der Waals surface area contributed by atoms with Crippen LogP contribution < -0.4 is 4.90 Å². The Morgan fingerprint density at radius 2 is 1.02 bits per heavy atom. The number of aromatic nitrogens is 1. The number of hydrogen-bond donors (Lipinski definition) is 0. The molecule has 0 aliphatic heterocycles. The second kappa shape index (κ2) is 10.8. The van der Waals surface area contributed by atoms with Crippen molar-refractivity contribution in [2.45, 2.75) is 0 Å². The minimum absolute atomic E-state index is 1.14. The number of thiophene rings is 2. The van der Waals surface area contributed by atoms with E-state index < -0.39 is 0 Å². The molecule has 11 aromatic rings. The Bertz CT molecular complexity index is 3110. The van der Waals surface area contributed by atoms with E-state index in [2.05, 4.69) is 179 Å². The normalized spacial score (nSPS) is 12.0. The van der Waals surface area contributed by atoms with Gasteiger partial charge in [0.15, 0.2) is 0 Å². The molecule has 0 saturated carbocycles. The van der Waals surface area contributed by atoms with Crippen molar-refractivity contribution in [1.82, 2.24) is 4.57 Å². The van der Waals surface area contributed by atoms with Crippen LogP contribution in [0, 0.1) is 0 Å². The van der Waals surface area contributed by atoms with E-state index >= 15 is 0 Å². The monoisotopic (exact) mass is 672 g/mol. The van der Waals surface area contributed by atoms with Gasteiger partial charge >= 0.3 is 0 Å². The minimum atomic E-state index is 1.14. The highest BCUT2D eigenvalue weighted by molar-refractivity contribution is 7.26. The molecule has 3 aromatic heterocycles. The van der Waals surface area contributed by atoms with Crippen LogP contribution in [-0.4, -0.2) is 4.57 Å². The number of benzene rings is 8. The summed E-state index contributed by atoms with van der Waals surface area (Å²) in [6.45, 7) is 0. The summed E-state index contributed by atoms with van der Waals surface area (Å²) in [7, 11) is 0. The van der Waals surface area contributed by atoms with Gasteiger partial charge in [-0.15, -0.1) is 22.7 Å². The van der Waals surface area contributed by atoms with Crippen molar-refractivity contribution in [2.24, 2.45) is 0 Å². The summed E-state index contributed by atoms with van der Waals surface area (Å²) in [5, 5.41) is 10.3. The minimum Gasteiger partial charge on any atom is -0.310 e. The second-order valence-corrected chi connectivity index (χ2v) is 15.1. The Hall–Kier alpha value is -5.94. The number of hydrogen-bond acceptors (Lipinski definition) is 3. The highest BCUT2D eigenvalue weighted by atomic mass is 32.1. The Balaban J connectivity index is 1.24. The summed E-state index contributed by atoms with van der Waals surface area (Å²) in [6, 6.07) is 62.5. The topological polar surface area (TPSA) is 8.17 Å². The molecule has 50 heavy (non-hydrogen) atoms. The molecular weight excluding hydrogens is 645 g/mol. The van der Waals surface area contributed by atoms with Gasteiger partial charge in [-0.25, -0.2) is 0 Å². The number of fused-ring (bicyclic) bond motifs is 11. The zero-order valence-corrected chi connectivity index (χ0v) is 28.5. The van der Waals surface area contributed by atoms with Crippen molar-refractivity contribution in [3.8, 4) is 5.69 Å².